The van der Waals surface area contributed by atoms with E-state index in [4.69, 9.17) is 0 Å². The molecule has 2 saturated heterocycles. The molecule has 6 rings (SSSR count). The van der Waals surface area contributed by atoms with Crippen molar-refractivity contribution in [1.82, 2.24) is 30.2 Å². The molecule has 2 fully saturated rings. The Balaban J connectivity index is 0.972. The van der Waals surface area contributed by atoms with Crippen LogP contribution in [0.3, 0.4) is 0 Å². The van der Waals surface area contributed by atoms with Gasteiger partial charge in [-0.2, -0.15) is 13.2 Å². The zero-order valence-corrected chi connectivity index (χ0v) is 22.6. The first-order valence-corrected chi connectivity index (χ1v) is 14.1. The predicted octanol–water partition coefficient (Wildman–Crippen LogP) is 4.61. The number of nitrogens with one attached hydrogen (secondary N) is 1. The van der Waals surface area contributed by atoms with Gasteiger partial charge in [-0.3, -0.25) is 9.78 Å². The molecule has 1 N–H and O–H groups in total. The van der Waals surface area contributed by atoms with Gasteiger partial charge in [-0.1, -0.05) is 6.08 Å². The maximum atomic E-state index is 13.2. The second kappa shape index (κ2) is 11.6. The number of hydrogen-bond acceptors (Lipinski definition) is 7. The average Bonchev–Trinajstić information content (AvgIpc) is 3.68. The molecule has 11 heteroatoms. The van der Waals surface area contributed by atoms with Gasteiger partial charge in [-0.05, 0) is 68.0 Å². The highest BCUT2D eigenvalue weighted by atomic mass is 19.4. The number of anilines is 1. The fourth-order valence-electron chi connectivity index (χ4n) is 5.98. The van der Waals surface area contributed by atoms with Crippen molar-refractivity contribution in [2.75, 3.05) is 31.1 Å². The number of carbonyl (C=O) groups is 1. The van der Waals surface area contributed by atoms with Crippen molar-refractivity contribution in [2.24, 2.45) is 5.92 Å². The molecular weight excluding hydrogens is 531 g/mol. The van der Waals surface area contributed by atoms with Crippen LogP contribution in [0.15, 0.2) is 61.2 Å². The number of likely N-dealkylation sites (tertiary alicyclic amines) is 1. The van der Waals surface area contributed by atoms with Crippen LogP contribution in [0.1, 0.15) is 43.4 Å². The third-order valence-electron chi connectivity index (χ3n) is 8.24. The average molecular weight is 564 g/mol. The smallest absolute Gasteiger partial charge is 0.356 e. The molecule has 0 aromatic carbocycles. The van der Waals surface area contributed by atoms with Crippen molar-refractivity contribution in [3.63, 3.8) is 0 Å². The Morgan fingerprint density at radius 2 is 1.76 bits per heavy atom. The van der Waals surface area contributed by atoms with E-state index in [0.717, 1.165) is 55.7 Å². The Bertz CT molecular complexity index is 1380. The molecule has 41 heavy (non-hydrogen) atoms. The van der Waals surface area contributed by atoms with Gasteiger partial charge in [0.05, 0.1) is 17.2 Å². The summed E-state index contributed by atoms with van der Waals surface area (Å²) in [4.78, 5) is 34.3. The molecule has 3 aromatic rings. The third kappa shape index (κ3) is 6.24. The van der Waals surface area contributed by atoms with Gasteiger partial charge in [-0.15, -0.1) is 0 Å². The lowest BCUT2D eigenvalue weighted by Gasteiger charge is -2.27. The van der Waals surface area contributed by atoms with Crippen LogP contribution in [-0.2, 0) is 11.0 Å². The van der Waals surface area contributed by atoms with Crippen molar-refractivity contribution in [2.45, 2.75) is 50.4 Å². The third-order valence-corrected chi connectivity index (χ3v) is 8.24. The number of pyridine rings is 2. The number of amides is 1. The van der Waals surface area contributed by atoms with Crippen LogP contribution in [0.5, 0.6) is 0 Å². The number of halogens is 3. The van der Waals surface area contributed by atoms with Gasteiger partial charge in [0.2, 0.25) is 5.91 Å². The van der Waals surface area contributed by atoms with Gasteiger partial charge >= 0.3 is 6.18 Å². The second-order valence-electron chi connectivity index (χ2n) is 11.0. The first-order valence-electron chi connectivity index (χ1n) is 14.1. The molecular formula is C30H32F3N7O. The molecule has 0 bridgehead atoms. The summed E-state index contributed by atoms with van der Waals surface area (Å²) in [5.74, 6) is 1.12. The van der Waals surface area contributed by atoms with E-state index in [1.165, 1.54) is 11.6 Å². The standard InChI is InChI=1S/C30H32F3N7O/c31-30(32,33)23-5-9-27(37-17-23)39-14-10-22(18-39)29(41)40-15-11-25(19-40)38-24-6-2-20(3-7-24)26-8-4-21(16-36-26)28-34-12-1-13-35-28/h1-2,4-5,8-9,12-13,16-17,22,24-25,38H,3,6-7,10-11,14-15,18-19H2/t22?,24?,25-/m0/s1. The molecule has 0 radical (unpaired) electrons. The fourth-order valence-corrected chi connectivity index (χ4v) is 5.98. The Kier molecular flexibility index (Phi) is 7.70. The van der Waals surface area contributed by atoms with Gasteiger partial charge < -0.3 is 15.1 Å². The summed E-state index contributed by atoms with van der Waals surface area (Å²) in [6.07, 6.45) is 8.45. The van der Waals surface area contributed by atoms with Crippen LogP contribution in [0.4, 0.5) is 19.0 Å². The topological polar surface area (TPSA) is 87.1 Å². The van der Waals surface area contributed by atoms with E-state index in [-0.39, 0.29) is 17.9 Å². The predicted molar refractivity (Wildman–Crippen MR) is 149 cm³/mol. The van der Waals surface area contributed by atoms with E-state index in [1.807, 2.05) is 28.1 Å². The van der Waals surface area contributed by atoms with Gasteiger partial charge in [0, 0.05) is 68.6 Å². The molecule has 8 nitrogen and oxygen atoms in total. The maximum Gasteiger partial charge on any atom is 0.417 e. The lowest BCUT2D eigenvalue weighted by atomic mass is 9.92. The molecule has 0 saturated carbocycles. The highest BCUT2D eigenvalue weighted by Gasteiger charge is 2.36. The van der Waals surface area contributed by atoms with E-state index in [0.29, 0.717) is 43.7 Å². The second-order valence-corrected chi connectivity index (χ2v) is 11.0. The number of carbonyl (C=O) groups excluding carboxylic acids is 1. The summed E-state index contributed by atoms with van der Waals surface area (Å²) in [6, 6.07) is 8.89. The van der Waals surface area contributed by atoms with Crippen molar-refractivity contribution in [3.8, 4) is 11.4 Å². The van der Waals surface area contributed by atoms with Crippen LogP contribution < -0.4 is 10.2 Å². The Hall–Kier alpha value is -3.86. The number of hydrogen-bond donors (Lipinski definition) is 1. The Labute approximate surface area is 236 Å². The minimum Gasteiger partial charge on any atom is -0.356 e. The molecule has 2 unspecified atom stereocenters. The summed E-state index contributed by atoms with van der Waals surface area (Å²) < 4.78 is 38.5. The van der Waals surface area contributed by atoms with Crippen molar-refractivity contribution >= 4 is 17.3 Å². The number of rotatable bonds is 6. The first-order chi connectivity index (χ1) is 19.8. The number of alkyl halides is 3. The Morgan fingerprint density at radius 3 is 2.44 bits per heavy atom. The SMILES string of the molecule is O=C(C1CCN(c2ccc(C(F)(F)F)cn2)C1)N1CC[C@H](NC2CC=C(c3ccc(-c4ncccn4)cn3)CC2)C1. The van der Waals surface area contributed by atoms with Crippen LogP contribution in [0, 0.1) is 5.92 Å². The summed E-state index contributed by atoms with van der Waals surface area (Å²) in [5, 5.41) is 3.76. The van der Waals surface area contributed by atoms with E-state index >= 15 is 0 Å². The molecule has 1 aliphatic carbocycles. The monoisotopic (exact) mass is 563 g/mol. The minimum atomic E-state index is -4.41. The summed E-state index contributed by atoms with van der Waals surface area (Å²) in [5.41, 5.74) is 2.36. The van der Waals surface area contributed by atoms with Crippen LogP contribution in [-0.4, -0.2) is 69.0 Å². The van der Waals surface area contributed by atoms with Crippen molar-refractivity contribution in [1.29, 1.82) is 0 Å². The van der Waals surface area contributed by atoms with Crippen molar-refractivity contribution < 1.29 is 18.0 Å². The van der Waals surface area contributed by atoms with E-state index in [9.17, 15) is 18.0 Å². The maximum absolute atomic E-state index is 13.2. The Morgan fingerprint density at radius 1 is 0.902 bits per heavy atom. The summed E-state index contributed by atoms with van der Waals surface area (Å²) >= 11 is 0. The van der Waals surface area contributed by atoms with Crippen LogP contribution in [0.2, 0.25) is 0 Å². The quantitative estimate of drug-likeness (QED) is 0.469. The van der Waals surface area contributed by atoms with Gasteiger partial charge in [-0.25, -0.2) is 15.0 Å². The lowest BCUT2D eigenvalue weighted by molar-refractivity contribution is -0.137. The van der Waals surface area contributed by atoms with E-state index in [2.05, 4.69) is 31.3 Å². The summed E-state index contributed by atoms with van der Waals surface area (Å²) in [6.45, 7) is 2.50. The van der Waals surface area contributed by atoms with E-state index in [1.54, 1.807) is 18.5 Å². The fraction of sp³-hybridized carbons (Fsp3) is 0.433. The number of aromatic nitrogens is 4. The highest BCUT2D eigenvalue weighted by Crippen LogP contribution is 2.31. The molecule has 214 valence electrons. The minimum absolute atomic E-state index is 0.130. The van der Waals surface area contributed by atoms with Crippen LogP contribution >= 0.6 is 0 Å². The van der Waals surface area contributed by atoms with Gasteiger partial charge in [0.15, 0.2) is 5.82 Å². The molecule has 3 atom stereocenters. The van der Waals surface area contributed by atoms with Gasteiger partial charge in [0.25, 0.3) is 0 Å². The van der Waals surface area contributed by atoms with Crippen molar-refractivity contribution in [3.05, 3.63) is 72.5 Å². The highest BCUT2D eigenvalue weighted by molar-refractivity contribution is 5.80. The normalized spacial score (nSPS) is 23.1. The molecule has 3 aromatic heterocycles. The molecule has 2 aliphatic heterocycles. The molecule has 5 heterocycles. The summed E-state index contributed by atoms with van der Waals surface area (Å²) in [7, 11) is 0. The van der Waals surface area contributed by atoms with E-state index < -0.39 is 11.7 Å². The van der Waals surface area contributed by atoms with Crippen LogP contribution in [0.25, 0.3) is 17.0 Å². The van der Waals surface area contributed by atoms with Gasteiger partial charge in [0.1, 0.15) is 5.82 Å². The number of nitrogens with zero attached hydrogens (tertiary/aromatic N) is 6. The number of allylic oxidation sites excluding steroid dienone is 1. The lowest BCUT2D eigenvalue weighted by Crippen LogP contribution is -2.42. The zero-order chi connectivity index (χ0) is 28.4. The first kappa shape index (κ1) is 27.3. The molecule has 0 spiro atoms. The zero-order valence-electron chi connectivity index (χ0n) is 22.6. The largest absolute Gasteiger partial charge is 0.417 e. The molecule has 1 amide bonds. The molecule has 3 aliphatic rings.